The number of nitrogens with zero attached hydrogens (tertiary/aromatic N) is 2. The molecular weight excluding hydrogens is 318 g/mol. The van der Waals surface area contributed by atoms with E-state index < -0.39 is 0 Å². The molecule has 2 amide bonds. The number of piperazine rings is 1. The number of hydrogen-bond donors (Lipinski definition) is 2. The molecular formula is C19H21N3O3. The van der Waals surface area contributed by atoms with Crippen molar-refractivity contribution in [2.75, 3.05) is 36.4 Å². The summed E-state index contributed by atoms with van der Waals surface area (Å²) in [6.07, 6.45) is 0. The summed E-state index contributed by atoms with van der Waals surface area (Å²) in [4.78, 5) is 27.6. The topological polar surface area (TPSA) is 72.9 Å². The van der Waals surface area contributed by atoms with Crippen LogP contribution in [0.15, 0.2) is 48.5 Å². The maximum absolute atomic E-state index is 12.4. The number of phenolic OH excluding ortho intramolecular Hbond substituents is 1. The van der Waals surface area contributed by atoms with Crippen LogP contribution in [0.3, 0.4) is 0 Å². The molecule has 0 atom stereocenters. The second kappa shape index (κ2) is 7.25. The Morgan fingerprint density at radius 2 is 1.52 bits per heavy atom. The van der Waals surface area contributed by atoms with Crippen molar-refractivity contribution in [3.05, 3.63) is 54.1 Å². The standard InChI is InChI=1S/C19H21N3O3/c1-14(23)15-2-4-16(5-3-15)20-19(25)22-12-10-21(11-13-22)17-6-8-18(24)9-7-17/h2-9,24H,10-13H2,1H3,(H,20,25). The van der Waals surface area contributed by atoms with Crippen LogP contribution in [0, 0.1) is 0 Å². The lowest BCUT2D eigenvalue weighted by Crippen LogP contribution is -2.50. The van der Waals surface area contributed by atoms with E-state index in [1.807, 2.05) is 12.1 Å². The summed E-state index contributed by atoms with van der Waals surface area (Å²) in [6.45, 7) is 4.24. The number of nitrogens with one attached hydrogen (secondary N) is 1. The van der Waals surface area contributed by atoms with Gasteiger partial charge in [-0.25, -0.2) is 4.79 Å². The number of hydrogen-bond acceptors (Lipinski definition) is 4. The minimum Gasteiger partial charge on any atom is -0.508 e. The van der Waals surface area contributed by atoms with Gasteiger partial charge in [0, 0.05) is 43.1 Å². The SMILES string of the molecule is CC(=O)c1ccc(NC(=O)N2CCN(c3ccc(O)cc3)CC2)cc1. The molecule has 3 rings (SSSR count). The van der Waals surface area contributed by atoms with Crippen LogP contribution < -0.4 is 10.2 Å². The Morgan fingerprint density at radius 1 is 0.920 bits per heavy atom. The third kappa shape index (κ3) is 4.09. The normalized spacial score (nSPS) is 14.3. The van der Waals surface area contributed by atoms with E-state index >= 15 is 0 Å². The summed E-state index contributed by atoms with van der Waals surface area (Å²) in [5.74, 6) is 0.251. The zero-order chi connectivity index (χ0) is 17.8. The van der Waals surface area contributed by atoms with Crippen LogP contribution in [-0.4, -0.2) is 48.0 Å². The molecule has 2 aromatic carbocycles. The third-order valence-electron chi connectivity index (χ3n) is 4.32. The molecule has 0 unspecified atom stereocenters. The molecule has 0 radical (unpaired) electrons. The molecule has 0 aliphatic carbocycles. The van der Waals surface area contributed by atoms with Gasteiger partial charge in [-0.3, -0.25) is 4.79 Å². The molecule has 1 aliphatic heterocycles. The largest absolute Gasteiger partial charge is 0.508 e. The van der Waals surface area contributed by atoms with Crippen LogP contribution in [0.5, 0.6) is 5.75 Å². The van der Waals surface area contributed by atoms with E-state index in [1.165, 1.54) is 6.92 Å². The predicted molar refractivity (Wildman–Crippen MR) is 97.4 cm³/mol. The molecule has 0 bridgehead atoms. The quantitative estimate of drug-likeness (QED) is 0.843. The lowest BCUT2D eigenvalue weighted by Gasteiger charge is -2.36. The molecule has 6 heteroatoms. The number of anilines is 2. The highest BCUT2D eigenvalue weighted by molar-refractivity contribution is 5.95. The molecule has 1 fully saturated rings. The maximum atomic E-state index is 12.4. The van der Waals surface area contributed by atoms with Crippen molar-refractivity contribution in [3.8, 4) is 5.75 Å². The third-order valence-corrected chi connectivity index (χ3v) is 4.32. The van der Waals surface area contributed by atoms with E-state index in [0.717, 1.165) is 18.8 Å². The number of phenols is 1. The Kier molecular flexibility index (Phi) is 4.88. The predicted octanol–water partition coefficient (Wildman–Crippen LogP) is 2.95. The minimum absolute atomic E-state index is 0.00299. The number of benzene rings is 2. The Labute approximate surface area is 146 Å². The van der Waals surface area contributed by atoms with Gasteiger partial charge in [-0.15, -0.1) is 0 Å². The summed E-state index contributed by atoms with van der Waals surface area (Å²) in [6, 6.07) is 13.8. The molecule has 0 aromatic heterocycles. The Hall–Kier alpha value is -3.02. The van der Waals surface area contributed by atoms with Crippen molar-refractivity contribution in [2.24, 2.45) is 0 Å². The molecule has 25 heavy (non-hydrogen) atoms. The van der Waals surface area contributed by atoms with Gasteiger partial charge in [-0.2, -0.15) is 0 Å². The fourth-order valence-electron chi connectivity index (χ4n) is 2.82. The van der Waals surface area contributed by atoms with Crippen LogP contribution in [0.4, 0.5) is 16.2 Å². The first-order valence-electron chi connectivity index (χ1n) is 8.24. The van der Waals surface area contributed by atoms with E-state index in [2.05, 4.69) is 10.2 Å². The van der Waals surface area contributed by atoms with Gasteiger partial charge in [0.15, 0.2) is 5.78 Å². The Bertz CT molecular complexity index is 748. The van der Waals surface area contributed by atoms with E-state index in [1.54, 1.807) is 41.3 Å². The van der Waals surface area contributed by atoms with E-state index in [9.17, 15) is 14.7 Å². The van der Waals surface area contributed by atoms with Gasteiger partial charge >= 0.3 is 6.03 Å². The highest BCUT2D eigenvalue weighted by atomic mass is 16.3. The monoisotopic (exact) mass is 339 g/mol. The molecule has 1 saturated heterocycles. The van der Waals surface area contributed by atoms with Crippen LogP contribution in [-0.2, 0) is 0 Å². The van der Waals surface area contributed by atoms with E-state index in [4.69, 9.17) is 0 Å². The summed E-state index contributed by atoms with van der Waals surface area (Å²) >= 11 is 0. The van der Waals surface area contributed by atoms with E-state index in [0.29, 0.717) is 24.3 Å². The van der Waals surface area contributed by atoms with Crippen LogP contribution in [0.2, 0.25) is 0 Å². The smallest absolute Gasteiger partial charge is 0.321 e. The molecule has 1 aliphatic rings. The highest BCUT2D eigenvalue weighted by Gasteiger charge is 2.21. The number of aromatic hydroxyl groups is 1. The lowest BCUT2D eigenvalue weighted by atomic mass is 10.1. The molecule has 0 spiro atoms. The van der Waals surface area contributed by atoms with Crippen LogP contribution in [0.25, 0.3) is 0 Å². The number of ketones is 1. The van der Waals surface area contributed by atoms with Crippen LogP contribution >= 0.6 is 0 Å². The highest BCUT2D eigenvalue weighted by Crippen LogP contribution is 2.20. The maximum Gasteiger partial charge on any atom is 0.321 e. The van der Waals surface area contributed by atoms with Crippen molar-refractivity contribution >= 4 is 23.2 Å². The average Bonchev–Trinajstić information content (AvgIpc) is 2.63. The zero-order valence-electron chi connectivity index (χ0n) is 14.1. The molecule has 0 saturated carbocycles. The van der Waals surface area contributed by atoms with Gasteiger partial charge in [0.25, 0.3) is 0 Å². The van der Waals surface area contributed by atoms with E-state index in [-0.39, 0.29) is 17.6 Å². The van der Waals surface area contributed by atoms with Crippen molar-refractivity contribution in [1.82, 2.24) is 4.90 Å². The summed E-state index contributed by atoms with van der Waals surface area (Å²) in [5, 5.41) is 12.2. The Balaban J connectivity index is 1.54. The number of carbonyl (C=O) groups is 2. The average molecular weight is 339 g/mol. The number of urea groups is 1. The number of carbonyl (C=O) groups excluding carboxylic acids is 2. The van der Waals surface area contributed by atoms with Crippen molar-refractivity contribution in [3.63, 3.8) is 0 Å². The molecule has 2 aromatic rings. The molecule has 1 heterocycles. The van der Waals surface area contributed by atoms with Gasteiger partial charge in [-0.05, 0) is 55.5 Å². The number of rotatable bonds is 3. The first-order valence-corrected chi connectivity index (χ1v) is 8.24. The van der Waals surface area contributed by atoms with Crippen LogP contribution in [0.1, 0.15) is 17.3 Å². The number of Topliss-reactive ketones (excluding diaryl/α,β-unsaturated/α-hetero) is 1. The van der Waals surface area contributed by atoms with Crippen molar-refractivity contribution < 1.29 is 14.7 Å². The number of amides is 2. The summed E-state index contributed by atoms with van der Waals surface area (Å²) in [5.41, 5.74) is 2.34. The Morgan fingerprint density at radius 3 is 2.08 bits per heavy atom. The minimum atomic E-state index is -0.138. The van der Waals surface area contributed by atoms with Crippen molar-refractivity contribution in [2.45, 2.75) is 6.92 Å². The summed E-state index contributed by atoms with van der Waals surface area (Å²) in [7, 11) is 0. The van der Waals surface area contributed by atoms with Gasteiger partial charge in [0.1, 0.15) is 5.75 Å². The summed E-state index contributed by atoms with van der Waals surface area (Å²) < 4.78 is 0. The van der Waals surface area contributed by atoms with Gasteiger partial charge < -0.3 is 20.2 Å². The zero-order valence-corrected chi connectivity index (χ0v) is 14.1. The second-order valence-electron chi connectivity index (χ2n) is 6.05. The second-order valence-corrected chi connectivity index (χ2v) is 6.05. The van der Waals surface area contributed by atoms with Crippen molar-refractivity contribution in [1.29, 1.82) is 0 Å². The van der Waals surface area contributed by atoms with Gasteiger partial charge in [0.05, 0.1) is 0 Å². The fourth-order valence-corrected chi connectivity index (χ4v) is 2.82. The van der Waals surface area contributed by atoms with Gasteiger partial charge in [-0.1, -0.05) is 0 Å². The molecule has 130 valence electrons. The first-order chi connectivity index (χ1) is 12.0. The molecule has 6 nitrogen and oxygen atoms in total. The molecule has 2 N–H and O–H groups in total. The fraction of sp³-hybridized carbons (Fsp3) is 0.263. The lowest BCUT2D eigenvalue weighted by molar-refractivity contribution is 0.101. The first kappa shape index (κ1) is 16.8. The van der Waals surface area contributed by atoms with Gasteiger partial charge in [0.2, 0.25) is 0 Å².